The molecule has 1 unspecified atom stereocenters. The van der Waals surface area contributed by atoms with Crippen LogP contribution in [0.2, 0.25) is 0 Å². The lowest BCUT2D eigenvalue weighted by Crippen LogP contribution is -2.63. The number of carbonyl (C=O) groups is 2. The van der Waals surface area contributed by atoms with Gasteiger partial charge in [-0.3, -0.25) is 9.59 Å². The Morgan fingerprint density at radius 2 is 1.81 bits per heavy atom. The third-order valence-electron chi connectivity index (χ3n) is 6.56. The van der Waals surface area contributed by atoms with Crippen molar-refractivity contribution in [1.29, 1.82) is 0 Å². The van der Waals surface area contributed by atoms with Crippen LogP contribution in [-0.4, -0.2) is 45.0 Å². The zero-order valence-corrected chi connectivity index (χ0v) is 17.9. The Labute approximate surface area is 181 Å². The van der Waals surface area contributed by atoms with Crippen LogP contribution in [0.1, 0.15) is 48.9 Å². The van der Waals surface area contributed by atoms with E-state index in [0.717, 1.165) is 29.0 Å². The summed E-state index contributed by atoms with van der Waals surface area (Å²) in [7, 11) is 0. The maximum Gasteiger partial charge on any atom is 0.255 e. The van der Waals surface area contributed by atoms with Crippen LogP contribution >= 0.6 is 0 Å². The van der Waals surface area contributed by atoms with Crippen LogP contribution in [0.5, 0.6) is 0 Å². The van der Waals surface area contributed by atoms with Gasteiger partial charge in [-0.05, 0) is 31.2 Å². The van der Waals surface area contributed by atoms with E-state index in [0.29, 0.717) is 31.5 Å². The summed E-state index contributed by atoms with van der Waals surface area (Å²) in [5, 5.41) is 6.66. The van der Waals surface area contributed by atoms with Crippen molar-refractivity contribution < 1.29 is 9.59 Å². The molecule has 7 nitrogen and oxygen atoms in total. The number of hydrogen-bond donors (Lipinski definition) is 2. The quantitative estimate of drug-likeness (QED) is 0.685. The van der Waals surface area contributed by atoms with E-state index in [9.17, 15) is 9.59 Å². The van der Waals surface area contributed by atoms with Crippen molar-refractivity contribution >= 4 is 28.5 Å². The Balaban J connectivity index is 1.34. The van der Waals surface area contributed by atoms with Gasteiger partial charge in [0.15, 0.2) is 0 Å². The number of hydrogen-bond acceptors (Lipinski definition) is 4. The van der Waals surface area contributed by atoms with Gasteiger partial charge in [-0.2, -0.15) is 0 Å². The zero-order valence-electron chi connectivity index (χ0n) is 17.9. The lowest BCUT2D eigenvalue weighted by molar-refractivity contribution is -0.135. The Morgan fingerprint density at radius 3 is 2.58 bits per heavy atom. The van der Waals surface area contributed by atoms with Gasteiger partial charge in [0.05, 0.1) is 16.6 Å². The van der Waals surface area contributed by atoms with Crippen molar-refractivity contribution in [3.05, 3.63) is 59.9 Å². The fourth-order valence-electron chi connectivity index (χ4n) is 4.87. The number of fused-ring (bicyclic) bond motifs is 2. The van der Waals surface area contributed by atoms with E-state index in [1.165, 1.54) is 0 Å². The third kappa shape index (κ3) is 3.24. The molecule has 0 aliphatic carbocycles. The van der Waals surface area contributed by atoms with E-state index in [1.54, 1.807) is 0 Å². The second-order valence-corrected chi connectivity index (χ2v) is 8.45. The molecule has 1 atom stereocenters. The van der Waals surface area contributed by atoms with Gasteiger partial charge in [0, 0.05) is 38.0 Å². The number of likely N-dealkylation sites (tertiary alicyclic amines) is 1. The highest BCUT2D eigenvalue weighted by Gasteiger charge is 2.41. The standard InChI is InChI=1S/C24H27N5O2/c1-3-21-25-19-10-6-7-11-20(19)29(21)16(2)23(31)28-14-12-24(13-15-28)26-18-9-5-4-8-17(18)22(30)27-24/h4-11,16,26H,3,12-15H2,1-2H3,(H,27,30). The lowest BCUT2D eigenvalue weighted by atomic mass is 9.92. The Morgan fingerprint density at radius 1 is 1.10 bits per heavy atom. The van der Waals surface area contributed by atoms with E-state index in [1.807, 2.05) is 60.4 Å². The summed E-state index contributed by atoms with van der Waals surface area (Å²) in [6.45, 7) is 5.20. The molecule has 2 aliphatic rings. The first-order valence-corrected chi connectivity index (χ1v) is 11.0. The van der Waals surface area contributed by atoms with Crippen LogP contribution in [0, 0.1) is 0 Å². The summed E-state index contributed by atoms with van der Waals surface area (Å²) < 4.78 is 2.07. The van der Waals surface area contributed by atoms with Gasteiger partial charge in [0.25, 0.3) is 5.91 Å². The summed E-state index contributed by atoms with van der Waals surface area (Å²) >= 11 is 0. The fourth-order valence-corrected chi connectivity index (χ4v) is 4.87. The number of nitrogens with one attached hydrogen (secondary N) is 2. The van der Waals surface area contributed by atoms with Crippen molar-refractivity contribution in [2.24, 2.45) is 0 Å². The SMILES string of the molecule is CCc1nc2ccccc2n1C(C)C(=O)N1CCC2(CC1)NC(=O)c1ccccc1N2. The number of amides is 2. The summed E-state index contributed by atoms with van der Waals surface area (Å²) in [6, 6.07) is 15.2. The molecule has 3 heterocycles. The average Bonchev–Trinajstić information content (AvgIpc) is 3.17. The Kier molecular flexibility index (Phi) is 4.68. The van der Waals surface area contributed by atoms with Crippen LogP contribution in [0.25, 0.3) is 11.0 Å². The minimum absolute atomic E-state index is 0.0556. The number of nitrogens with zero attached hydrogens (tertiary/aromatic N) is 3. The van der Waals surface area contributed by atoms with Gasteiger partial charge in [-0.25, -0.2) is 4.98 Å². The van der Waals surface area contributed by atoms with Crippen molar-refractivity contribution in [2.75, 3.05) is 18.4 Å². The maximum atomic E-state index is 13.4. The van der Waals surface area contributed by atoms with Gasteiger partial charge >= 0.3 is 0 Å². The molecule has 1 spiro atoms. The number of imidazole rings is 1. The second kappa shape index (κ2) is 7.41. The molecule has 2 aliphatic heterocycles. The van der Waals surface area contributed by atoms with Crippen LogP contribution in [0.15, 0.2) is 48.5 Å². The molecule has 1 aromatic heterocycles. The molecule has 1 fully saturated rings. The van der Waals surface area contributed by atoms with Gasteiger partial charge in [-0.15, -0.1) is 0 Å². The smallest absolute Gasteiger partial charge is 0.255 e. The number of benzene rings is 2. The number of anilines is 1. The first-order chi connectivity index (χ1) is 15.0. The van der Waals surface area contributed by atoms with Gasteiger partial charge < -0.3 is 20.1 Å². The number of rotatable bonds is 3. The normalized spacial score (nSPS) is 18.4. The highest BCUT2D eigenvalue weighted by atomic mass is 16.2. The minimum atomic E-state index is -0.498. The third-order valence-corrected chi connectivity index (χ3v) is 6.56. The number of carbonyl (C=O) groups excluding carboxylic acids is 2. The van der Waals surface area contributed by atoms with Crippen LogP contribution < -0.4 is 10.6 Å². The summed E-state index contributed by atoms with van der Waals surface area (Å²) in [5.41, 5.74) is 2.94. The van der Waals surface area contributed by atoms with Gasteiger partial charge in [0.2, 0.25) is 5.91 Å². The Hall–Kier alpha value is -3.35. The van der Waals surface area contributed by atoms with Crippen LogP contribution in [0.3, 0.4) is 0 Å². The van der Waals surface area contributed by atoms with Crippen molar-refractivity contribution in [2.45, 2.75) is 44.8 Å². The second-order valence-electron chi connectivity index (χ2n) is 8.45. The molecule has 160 valence electrons. The van der Waals surface area contributed by atoms with E-state index in [2.05, 4.69) is 22.1 Å². The van der Waals surface area contributed by atoms with E-state index in [-0.39, 0.29) is 17.9 Å². The van der Waals surface area contributed by atoms with E-state index < -0.39 is 5.66 Å². The van der Waals surface area contributed by atoms with Crippen molar-refractivity contribution in [3.63, 3.8) is 0 Å². The van der Waals surface area contributed by atoms with Crippen molar-refractivity contribution in [3.8, 4) is 0 Å². The molecular formula is C24H27N5O2. The maximum absolute atomic E-state index is 13.4. The number of aryl methyl sites for hydroxylation is 1. The predicted octanol–water partition coefficient (Wildman–Crippen LogP) is 3.33. The van der Waals surface area contributed by atoms with Gasteiger partial charge in [0.1, 0.15) is 17.5 Å². The summed E-state index contributed by atoms with van der Waals surface area (Å²) in [6.07, 6.45) is 2.10. The number of piperidine rings is 1. The molecule has 0 bridgehead atoms. The molecule has 2 N–H and O–H groups in total. The molecule has 0 radical (unpaired) electrons. The molecule has 0 saturated carbocycles. The number of aromatic nitrogens is 2. The average molecular weight is 418 g/mol. The first-order valence-electron chi connectivity index (χ1n) is 11.0. The van der Waals surface area contributed by atoms with Crippen LogP contribution in [-0.2, 0) is 11.2 Å². The number of para-hydroxylation sites is 3. The molecule has 5 rings (SSSR count). The van der Waals surface area contributed by atoms with E-state index >= 15 is 0 Å². The van der Waals surface area contributed by atoms with Crippen molar-refractivity contribution in [1.82, 2.24) is 19.8 Å². The molecule has 31 heavy (non-hydrogen) atoms. The molecule has 7 heteroatoms. The lowest BCUT2D eigenvalue weighted by Gasteiger charge is -2.46. The Bertz CT molecular complexity index is 1160. The molecule has 2 amide bonds. The monoisotopic (exact) mass is 417 g/mol. The molecule has 2 aromatic carbocycles. The highest BCUT2D eigenvalue weighted by molar-refractivity contribution is 6.02. The summed E-state index contributed by atoms with van der Waals surface area (Å²) in [5.74, 6) is 0.962. The fraction of sp³-hybridized carbons (Fsp3) is 0.375. The first kappa shape index (κ1) is 19.6. The minimum Gasteiger partial charge on any atom is -0.362 e. The largest absolute Gasteiger partial charge is 0.362 e. The molecule has 1 saturated heterocycles. The van der Waals surface area contributed by atoms with Gasteiger partial charge in [-0.1, -0.05) is 31.2 Å². The zero-order chi connectivity index (χ0) is 21.6. The molecular weight excluding hydrogens is 390 g/mol. The topological polar surface area (TPSA) is 79.3 Å². The summed E-state index contributed by atoms with van der Waals surface area (Å²) in [4.78, 5) is 32.6. The van der Waals surface area contributed by atoms with E-state index in [4.69, 9.17) is 4.98 Å². The van der Waals surface area contributed by atoms with Crippen LogP contribution in [0.4, 0.5) is 5.69 Å². The molecule has 3 aromatic rings. The predicted molar refractivity (Wildman–Crippen MR) is 120 cm³/mol. The highest BCUT2D eigenvalue weighted by Crippen LogP contribution is 2.32.